The molecule has 4 rings (SSSR count). The van der Waals surface area contributed by atoms with Crippen LogP contribution in [-0.2, 0) is 26.0 Å². The summed E-state index contributed by atoms with van der Waals surface area (Å²) in [5.74, 6) is -0.841. The Bertz CT molecular complexity index is 1490. The fourth-order valence-corrected chi connectivity index (χ4v) is 7.47. The summed E-state index contributed by atoms with van der Waals surface area (Å²) in [5, 5.41) is 20.7. The molecule has 0 spiro atoms. The maximum Gasteiger partial charge on any atom is 0.243 e. The minimum absolute atomic E-state index is 0.0134. The summed E-state index contributed by atoms with van der Waals surface area (Å²) in [4.78, 5) is 30.8. The number of carbonyl (C=O) groups is 2. The quantitative estimate of drug-likeness (QED) is 0.177. The van der Waals surface area contributed by atoms with E-state index in [4.69, 9.17) is 0 Å². The molecule has 10 nitrogen and oxygen atoms in total. The number of hydrogen-bond donors (Lipinski definition) is 4. The van der Waals surface area contributed by atoms with Crippen molar-refractivity contribution in [1.82, 2.24) is 25.2 Å². The van der Waals surface area contributed by atoms with Crippen molar-refractivity contribution in [3.05, 3.63) is 59.6 Å². The first-order valence-electron chi connectivity index (χ1n) is 15.4. The molecule has 1 aliphatic carbocycles. The monoisotopic (exact) mass is 643 g/mol. The number of rotatable bonds is 17. The smallest absolute Gasteiger partial charge is 0.243 e. The molecule has 44 heavy (non-hydrogen) atoms. The molecule has 1 fully saturated rings. The van der Waals surface area contributed by atoms with E-state index in [9.17, 15) is 23.1 Å². The summed E-state index contributed by atoms with van der Waals surface area (Å²) >= 11 is 1.36. The van der Waals surface area contributed by atoms with Gasteiger partial charge in [0.1, 0.15) is 6.04 Å². The van der Waals surface area contributed by atoms with Crippen LogP contribution in [-0.4, -0.2) is 78.5 Å². The van der Waals surface area contributed by atoms with Crippen LogP contribution in [0.1, 0.15) is 52.5 Å². The van der Waals surface area contributed by atoms with Gasteiger partial charge >= 0.3 is 0 Å². The average Bonchev–Trinajstić information content (AvgIpc) is 3.71. The second-order valence-electron chi connectivity index (χ2n) is 12.2. The molecule has 1 saturated carbocycles. The van der Waals surface area contributed by atoms with Crippen LogP contribution in [0.25, 0.3) is 10.2 Å². The highest BCUT2D eigenvalue weighted by Gasteiger charge is 2.34. The van der Waals surface area contributed by atoms with E-state index in [0.717, 1.165) is 28.6 Å². The van der Waals surface area contributed by atoms with Gasteiger partial charge in [0.05, 0.1) is 39.3 Å². The SMILES string of the molecule is CC[C@H](C)C(NC(=O)CNC1CC1)C(=O)NC(Cc1ccccc1)[C@H](O)CN(CC(C)C)S(=O)(=O)c1ccc2ncsc2c1. The Balaban J connectivity index is 1.56. The summed E-state index contributed by atoms with van der Waals surface area (Å²) in [6.07, 6.45) is 1.80. The molecule has 0 bridgehead atoms. The highest BCUT2D eigenvalue weighted by Crippen LogP contribution is 2.25. The van der Waals surface area contributed by atoms with Crippen LogP contribution in [0.4, 0.5) is 0 Å². The Morgan fingerprint density at radius 3 is 2.45 bits per heavy atom. The number of nitrogens with zero attached hydrogens (tertiary/aromatic N) is 2. The summed E-state index contributed by atoms with van der Waals surface area (Å²) in [5.41, 5.74) is 3.27. The van der Waals surface area contributed by atoms with E-state index in [-0.39, 0.29) is 48.7 Å². The third-order valence-corrected chi connectivity index (χ3v) is 10.6. The topological polar surface area (TPSA) is 141 Å². The Labute approximate surface area is 264 Å². The summed E-state index contributed by atoms with van der Waals surface area (Å²) < 4.78 is 29.9. The number of aliphatic hydroxyl groups excluding tert-OH is 1. The largest absolute Gasteiger partial charge is 0.390 e. The number of aliphatic hydroxyl groups is 1. The Morgan fingerprint density at radius 1 is 1.07 bits per heavy atom. The molecule has 12 heteroatoms. The molecule has 240 valence electrons. The average molecular weight is 644 g/mol. The first kappa shape index (κ1) is 34.0. The fraction of sp³-hybridized carbons (Fsp3) is 0.531. The lowest BCUT2D eigenvalue weighted by molar-refractivity contribution is -0.131. The van der Waals surface area contributed by atoms with Gasteiger partial charge < -0.3 is 21.1 Å². The van der Waals surface area contributed by atoms with Gasteiger partial charge in [0.25, 0.3) is 0 Å². The van der Waals surface area contributed by atoms with Crippen LogP contribution < -0.4 is 16.0 Å². The second-order valence-corrected chi connectivity index (χ2v) is 15.0. The van der Waals surface area contributed by atoms with Gasteiger partial charge in [-0.25, -0.2) is 13.4 Å². The van der Waals surface area contributed by atoms with Gasteiger partial charge in [0, 0.05) is 19.1 Å². The minimum Gasteiger partial charge on any atom is -0.390 e. The standard InChI is InChI=1S/C32H45N5O5S2/c1-5-22(4)31(36-30(39)17-33-24-11-12-24)32(40)35-27(15-23-9-7-6-8-10-23)28(38)19-37(18-21(2)3)44(41,42)25-13-14-26-29(16-25)43-20-34-26/h6-10,13-14,16,20-22,24,27-28,31,33,38H,5,11-12,15,17-19H2,1-4H3,(H,35,40)(H,36,39)/t22-,27?,28+,31?/m0/s1. The molecular weight excluding hydrogens is 599 g/mol. The highest BCUT2D eigenvalue weighted by atomic mass is 32.2. The van der Waals surface area contributed by atoms with E-state index in [1.165, 1.54) is 21.7 Å². The van der Waals surface area contributed by atoms with Gasteiger partial charge in [-0.15, -0.1) is 11.3 Å². The van der Waals surface area contributed by atoms with Crippen molar-refractivity contribution in [1.29, 1.82) is 0 Å². The molecule has 1 heterocycles. The maximum atomic E-state index is 13.9. The predicted molar refractivity (Wildman–Crippen MR) is 174 cm³/mol. The molecule has 0 radical (unpaired) electrons. The normalized spacial score (nSPS) is 16.5. The van der Waals surface area contributed by atoms with E-state index >= 15 is 0 Å². The number of aromatic nitrogens is 1. The van der Waals surface area contributed by atoms with Gasteiger partial charge in [-0.1, -0.05) is 64.4 Å². The molecule has 0 saturated heterocycles. The fourth-order valence-electron chi connectivity index (χ4n) is 5.03. The summed E-state index contributed by atoms with van der Waals surface area (Å²) in [6.45, 7) is 7.79. The Morgan fingerprint density at radius 2 is 1.80 bits per heavy atom. The zero-order chi connectivity index (χ0) is 31.9. The lowest BCUT2D eigenvalue weighted by atomic mass is 9.96. The number of sulfonamides is 1. The minimum atomic E-state index is -3.98. The zero-order valence-corrected chi connectivity index (χ0v) is 27.5. The molecule has 4 atom stereocenters. The molecular formula is C32H45N5O5S2. The van der Waals surface area contributed by atoms with E-state index in [2.05, 4.69) is 20.9 Å². The first-order chi connectivity index (χ1) is 21.0. The van der Waals surface area contributed by atoms with Crippen LogP contribution in [0.15, 0.2) is 58.9 Å². The van der Waals surface area contributed by atoms with Crippen LogP contribution in [0.2, 0.25) is 0 Å². The molecule has 1 aliphatic rings. The van der Waals surface area contributed by atoms with Gasteiger partial charge in [-0.3, -0.25) is 9.59 Å². The molecule has 1 aromatic heterocycles. The molecule has 2 amide bonds. The summed E-state index contributed by atoms with van der Waals surface area (Å²) in [7, 11) is -3.98. The van der Waals surface area contributed by atoms with Gasteiger partial charge in [-0.05, 0) is 54.9 Å². The van der Waals surface area contributed by atoms with Crippen molar-refractivity contribution in [2.24, 2.45) is 11.8 Å². The third-order valence-electron chi connectivity index (χ3n) is 7.93. The van der Waals surface area contributed by atoms with E-state index in [1.807, 2.05) is 58.0 Å². The number of nitrogens with one attached hydrogen (secondary N) is 3. The van der Waals surface area contributed by atoms with Gasteiger partial charge in [0.15, 0.2) is 0 Å². The first-order valence-corrected chi connectivity index (χ1v) is 17.7. The van der Waals surface area contributed by atoms with Crippen molar-refractivity contribution >= 4 is 43.4 Å². The number of hydrogen-bond acceptors (Lipinski definition) is 8. The van der Waals surface area contributed by atoms with Crippen molar-refractivity contribution in [3.63, 3.8) is 0 Å². The third kappa shape index (κ3) is 9.31. The van der Waals surface area contributed by atoms with E-state index in [1.54, 1.807) is 17.6 Å². The Kier molecular flexibility index (Phi) is 11.9. The van der Waals surface area contributed by atoms with Gasteiger partial charge in [0.2, 0.25) is 21.8 Å². The molecule has 2 aromatic carbocycles. The number of amides is 2. The second kappa shape index (κ2) is 15.4. The van der Waals surface area contributed by atoms with Gasteiger partial charge in [-0.2, -0.15) is 4.31 Å². The number of carbonyl (C=O) groups excluding carboxylic acids is 2. The van der Waals surface area contributed by atoms with Crippen molar-refractivity contribution in [2.75, 3.05) is 19.6 Å². The van der Waals surface area contributed by atoms with Crippen LogP contribution in [0.5, 0.6) is 0 Å². The van der Waals surface area contributed by atoms with E-state index < -0.39 is 34.1 Å². The van der Waals surface area contributed by atoms with Crippen molar-refractivity contribution < 1.29 is 23.1 Å². The molecule has 2 unspecified atom stereocenters. The molecule has 3 aromatic rings. The van der Waals surface area contributed by atoms with Crippen molar-refractivity contribution in [2.45, 2.75) is 82.5 Å². The lowest BCUT2D eigenvalue weighted by Crippen LogP contribution is -2.57. The number of fused-ring (bicyclic) bond motifs is 1. The van der Waals surface area contributed by atoms with Crippen molar-refractivity contribution in [3.8, 4) is 0 Å². The Hall–Kier alpha value is -2.90. The van der Waals surface area contributed by atoms with E-state index in [0.29, 0.717) is 12.5 Å². The van der Waals surface area contributed by atoms with Crippen LogP contribution >= 0.6 is 11.3 Å². The molecule has 0 aliphatic heterocycles. The number of thiazole rings is 1. The van der Waals surface area contributed by atoms with Crippen LogP contribution in [0.3, 0.4) is 0 Å². The zero-order valence-electron chi connectivity index (χ0n) is 25.9. The number of benzene rings is 2. The van der Waals surface area contributed by atoms with Crippen LogP contribution in [0, 0.1) is 11.8 Å². The molecule has 4 N–H and O–H groups in total. The lowest BCUT2D eigenvalue weighted by Gasteiger charge is -2.32. The summed E-state index contributed by atoms with van der Waals surface area (Å²) in [6, 6.07) is 13.0. The highest BCUT2D eigenvalue weighted by molar-refractivity contribution is 7.89. The predicted octanol–water partition coefficient (Wildman–Crippen LogP) is 3.31. The maximum absolute atomic E-state index is 13.9.